The number of alkyl carbamates (subject to hydrolysis) is 1. The van der Waals surface area contributed by atoms with Gasteiger partial charge in [0.1, 0.15) is 6.61 Å². The number of hydrogen-bond acceptors (Lipinski definition) is 4. The number of nitrogens with one attached hydrogen (secondary N) is 1. The molecule has 0 saturated heterocycles. The number of fused-ring (bicyclic) bond motifs is 3. The predicted octanol–water partition coefficient (Wildman–Crippen LogP) is 4.75. The molecule has 0 atom stereocenters. The smallest absolute Gasteiger partial charge is 0.410 e. The van der Waals surface area contributed by atoms with Crippen LogP contribution in [-0.2, 0) is 14.3 Å². The summed E-state index contributed by atoms with van der Waals surface area (Å²) in [6, 6.07) is 16.5. The maximum Gasteiger partial charge on any atom is 0.410 e. The molecular weight excluding hydrogens is 354 g/mol. The molecule has 146 valence electrons. The van der Waals surface area contributed by atoms with E-state index >= 15 is 0 Å². The maximum atomic E-state index is 12.6. The van der Waals surface area contributed by atoms with Crippen molar-refractivity contribution in [3.63, 3.8) is 0 Å². The number of benzene rings is 2. The first-order chi connectivity index (χ1) is 13.7. The molecule has 1 saturated carbocycles. The van der Waals surface area contributed by atoms with Crippen molar-refractivity contribution in [2.45, 2.75) is 50.2 Å². The average Bonchev–Trinajstić information content (AvgIpc) is 2.85. The van der Waals surface area contributed by atoms with Gasteiger partial charge in [-0.1, -0.05) is 61.4 Å². The molecule has 0 heterocycles. The van der Waals surface area contributed by atoms with Gasteiger partial charge in [0, 0.05) is 18.8 Å². The van der Waals surface area contributed by atoms with Gasteiger partial charge in [0.15, 0.2) is 5.72 Å². The maximum absolute atomic E-state index is 12.6. The van der Waals surface area contributed by atoms with Gasteiger partial charge in [0.05, 0.1) is 0 Å². The summed E-state index contributed by atoms with van der Waals surface area (Å²) in [6.45, 7) is 0.673. The Morgan fingerprint density at radius 2 is 1.54 bits per heavy atom. The number of rotatable bonds is 5. The Hall–Kier alpha value is -2.82. The van der Waals surface area contributed by atoms with Crippen LogP contribution in [0.2, 0.25) is 0 Å². The van der Waals surface area contributed by atoms with Crippen LogP contribution in [0.5, 0.6) is 0 Å². The van der Waals surface area contributed by atoms with Crippen LogP contribution in [0.3, 0.4) is 0 Å². The molecule has 0 radical (unpaired) electrons. The molecule has 1 fully saturated rings. The molecular formula is C23H25NO4. The van der Waals surface area contributed by atoms with E-state index in [1.54, 1.807) is 0 Å². The lowest BCUT2D eigenvalue weighted by molar-refractivity contribution is -0.148. The molecule has 4 rings (SSSR count). The van der Waals surface area contributed by atoms with Crippen molar-refractivity contribution in [2.75, 3.05) is 6.61 Å². The van der Waals surface area contributed by atoms with E-state index in [1.165, 1.54) is 22.3 Å². The van der Waals surface area contributed by atoms with Crippen LogP contribution in [0.4, 0.5) is 4.79 Å². The molecule has 0 aliphatic heterocycles. The highest BCUT2D eigenvalue weighted by Gasteiger charge is 2.36. The normalized spacial score (nSPS) is 17.7. The van der Waals surface area contributed by atoms with Crippen LogP contribution in [-0.4, -0.2) is 24.9 Å². The lowest BCUT2D eigenvalue weighted by atomic mass is 9.98. The molecule has 2 aliphatic rings. The summed E-state index contributed by atoms with van der Waals surface area (Å²) < 4.78 is 10.9. The summed E-state index contributed by atoms with van der Waals surface area (Å²) in [4.78, 5) is 23.6. The van der Waals surface area contributed by atoms with Gasteiger partial charge in [-0.3, -0.25) is 10.1 Å². The Kier molecular flexibility index (Phi) is 5.33. The highest BCUT2D eigenvalue weighted by atomic mass is 16.6. The van der Waals surface area contributed by atoms with E-state index in [1.807, 2.05) is 24.3 Å². The first-order valence-electron chi connectivity index (χ1n) is 9.97. The minimum Gasteiger partial charge on any atom is -0.448 e. The van der Waals surface area contributed by atoms with Crippen LogP contribution >= 0.6 is 0 Å². The molecule has 0 spiro atoms. The third kappa shape index (κ3) is 3.61. The molecule has 0 unspecified atom stereocenters. The van der Waals surface area contributed by atoms with Crippen LogP contribution in [0.1, 0.15) is 55.6 Å². The number of hydrogen-bond donors (Lipinski definition) is 1. The van der Waals surface area contributed by atoms with E-state index in [0.717, 1.165) is 25.7 Å². The Bertz CT molecular complexity index is 810. The van der Waals surface area contributed by atoms with Crippen LogP contribution in [0.15, 0.2) is 48.5 Å². The van der Waals surface area contributed by atoms with Crippen molar-refractivity contribution in [1.29, 1.82) is 0 Å². The summed E-state index contributed by atoms with van der Waals surface area (Å²) in [6.07, 6.45) is 4.69. The summed E-state index contributed by atoms with van der Waals surface area (Å²) in [5, 5.41) is 2.83. The van der Waals surface area contributed by atoms with E-state index in [2.05, 4.69) is 29.6 Å². The van der Waals surface area contributed by atoms with E-state index < -0.39 is 11.8 Å². The molecule has 1 N–H and O–H groups in total. The summed E-state index contributed by atoms with van der Waals surface area (Å²) in [5.41, 5.74) is 3.78. The fourth-order valence-corrected chi connectivity index (χ4v) is 4.48. The van der Waals surface area contributed by atoms with Crippen molar-refractivity contribution in [3.8, 4) is 11.1 Å². The second-order valence-corrected chi connectivity index (χ2v) is 7.57. The molecule has 28 heavy (non-hydrogen) atoms. The van der Waals surface area contributed by atoms with Crippen molar-refractivity contribution < 1.29 is 19.1 Å². The van der Waals surface area contributed by atoms with Gasteiger partial charge in [-0.05, 0) is 35.1 Å². The van der Waals surface area contributed by atoms with Gasteiger partial charge in [0.2, 0.25) is 0 Å². The zero-order valence-electron chi connectivity index (χ0n) is 15.9. The minimum absolute atomic E-state index is 0.00947. The first kappa shape index (κ1) is 18.5. The molecule has 2 aromatic carbocycles. The first-order valence-corrected chi connectivity index (χ1v) is 9.97. The predicted molar refractivity (Wildman–Crippen MR) is 106 cm³/mol. The number of carbonyl (C=O) groups excluding carboxylic acids is 2. The Balaban J connectivity index is 1.47. The Labute approximate surface area is 165 Å². The van der Waals surface area contributed by atoms with Gasteiger partial charge in [0.25, 0.3) is 6.47 Å². The number of ether oxygens (including phenoxy) is 2. The topological polar surface area (TPSA) is 64.6 Å². The molecule has 0 aromatic heterocycles. The van der Waals surface area contributed by atoms with Crippen molar-refractivity contribution >= 4 is 12.6 Å². The summed E-state index contributed by atoms with van der Waals surface area (Å²) in [7, 11) is 0. The fourth-order valence-electron chi connectivity index (χ4n) is 4.48. The molecule has 5 heteroatoms. The standard InChI is InChI=1S/C23H25NO4/c25-16-28-23(13-7-1-2-8-14-23)24-22(26)27-15-21-19-11-5-3-9-17(19)18-10-4-6-12-20(18)21/h3-6,9-12,16,21H,1-2,7-8,13-15H2,(H,24,26). The Morgan fingerprint density at radius 1 is 0.964 bits per heavy atom. The lowest BCUT2D eigenvalue weighted by Crippen LogP contribution is -2.50. The SMILES string of the molecule is O=COC1(NC(=O)OCC2c3ccccc3-c3ccccc32)CCCCCC1. The highest BCUT2D eigenvalue weighted by molar-refractivity contribution is 5.79. The molecule has 5 nitrogen and oxygen atoms in total. The van der Waals surface area contributed by atoms with E-state index in [-0.39, 0.29) is 12.5 Å². The summed E-state index contributed by atoms with van der Waals surface area (Å²) in [5.74, 6) is 0.00947. The molecule has 2 aliphatic carbocycles. The zero-order chi connectivity index (χ0) is 19.4. The third-order valence-corrected chi connectivity index (χ3v) is 5.86. The van der Waals surface area contributed by atoms with E-state index in [9.17, 15) is 9.59 Å². The van der Waals surface area contributed by atoms with Gasteiger partial charge in [-0.15, -0.1) is 0 Å². The van der Waals surface area contributed by atoms with Crippen molar-refractivity contribution in [3.05, 3.63) is 59.7 Å². The van der Waals surface area contributed by atoms with Gasteiger partial charge in [-0.25, -0.2) is 4.79 Å². The lowest BCUT2D eigenvalue weighted by Gasteiger charge is -2.31. The largest absolute Gasteiger partial charge is 0.448 e. The third-order valence-electron chi connectivity index (χ3n) is 5.86. The summed E-state index contributed by atoms with van der Waals surface area (Å²) >= 11 is 0. The second kappa shape index (κ2) is 8.05. The molecule has 2 aromatic rings. The van der Waals surface area contributed by atoms with Gasteiger partial charge < -0.3 is 9.47 Å². The van der Waals surface area contributed by atoms with Crippen molar-refractivity contribution in [1.82, 2.24) is 5.32 Å². The van der Waals surface area contributed by atoms with E-state index in [0.29, 0.717) is 19.3 Å². The van der Waals surface area contributed by atoms with Crippen molar-refractivity contribution in [2.24, 2.45) is 0 Å². The minimum atomic E-state index is -0.944. The quantitative estimate of drug-likeness (QED) is 0.463. The highest BCUT2D eigenvalue weighted by Crippen LogP contribution is 2.44. The second-order valence-electron chi connectivity index (χ2n) is 7.57. The van der Waals surface area contributed by atoms with E-state index in [4.69, 9.17) is 9.47 Å². The molecule has 1 amide bonds. The average molecular weight is 379 g/mol. The van der Waals surface area contributed by atoms with Crippen LogP contribution in [0.25, 0.3) is 11.1 Å². The Morgan fingerprint density at radius 3 is 2.11 bits per heavy atom. The number of amides is 1. The van der Waals surface area contributed by atoms with Gasteiger partial charge in [-0.2, -0.15) is 0 Å². The van der Waals surface area contributed by atoms with Gasteiger partial charge >= 0.3 is 6.09 Å². The molecule has 0 bridgehead atoms. The van der Waals surface area contributed by atoms with Crippen LogP contribution < -0.4 is 5.32 Å². The van der Waals surface area contributed by atoms with Crippen LogP contribution in [0, 0.1) is 0 Å². The fraction of sp³-hybridized carbons (Fsp3) is 0.391. The zero-order valence-corrected chi connectivity index (χ0v) is 15.9. The number of carbonyl (C=O) groups is 2. The monoisotopic (exact) mass is 379 g/mol.